The Morgan fingerprint density at radius 2 is 2.05 bits per heavy atom. The number of ether oxygens (including phenoxy) is 1. The Hall–Kier alpha value is -1.65. The van der Waals surface area contributed by atoms with Crippen LogP contribution in [0.15, 0.2) is 42.5 Å². The summed E-state index contributed by atoms with van der Waals surface area (Å²) in [6, 6.07) is 13.3. The normalized spacial score (nSPS) is 10.3. The predicted molar refractivity (Wildman–Crippen MR) is 94.0 cm³/mol. The zero-order valence-corrected chi connectivity index (χ0v) is 14.1. The molecule has 116 valence electrons. The minimum Gasteiger partial charge on any atom is -0.495 e. The van der Waals surface area contributed by atoms with Crippen molar-refractivity contribution in [3.05, 3.63) is 58.6 Å². The number of thioether (sulfide) groups is 1. The summed E-state index contributed by atoms with van der Waals surface area (Å²) in [5.41, 5.74) is 3.09. The monoisotopic (exact) mass is 335 g/mol. The highest BCUT2D eigenvalue weighted by Crippen LogP contribution is 2.28. The molecule has 2 aromatic rings. The van der Waals surface area contributed by atoms with Crippen LogP contribution in [0.1, 0.15) is 11.1 Å². The van der Waals surface area contributed by atoms with Crippen LogP contribution < -0.4 is 10.1 Å². The fourth-order valence-electron chi connectivity index (χ4n) is 1.99. The molecule has 0 radical (unpaired) electrons. The molecule has 0 aromatic heterocycles. The van der Waals surface area contributed by atoms with E-state index in [9.17, 15) is 4.79 Å². The Balaban J connectivity index is 1.88. The maximum absolute atomic E-state index is 12.0. The summed E-state index contributed by atoms with van der Waals surface area (Å²) in [6.07, 6.45) is 0. The van der Waals surface area contributed by atoms with Crippen LogP contribution in [-0.4, -0.2) is 18.8 Å². The first-order valence-corrected chi connectivity index (χ1v) is 8.39. The van der Waals surface area contributed by atoms with Crippen LogP contribution in [0.5, 0.6) is 5.75 Å². The second-order valence-electron chi connectivity index (χ2n) is 4.81. The average Bonchev–Trinajstić information content (AvgIpc) is 2.49. The topological polar surface area (TPSA) is 38.3 Å². The first kappa shape index (κ1) is 16.7. The molecule has 0 saturated heterocycles. The third kappa shape index (κ3) is 4.68. The number of anilines is 1. The van der Waals surface area contributed by atoms with Gasteiger partial charge < -0.3 is 10.1 Å². The van der Waals surface area contributed by atoms with E-state index in [0.717, 1.165) is 5.75 Å². The number of carbonyl (C=O) groups excluding carboxylic acids is 1. The average molecular weight is 336 g/mol. The van der Waals surface area contributed by atoms with Gasteiger partial charge in [-0.05, 0) is 36.2 Å². The largest absolute Gasteiger partial charge is 0.495 e. The summed E-state index contributed by atoms with van der Waals surface area (Å²) in [7, 11) is 1.56. The molecule has 0 heterocycles. The summed E-state index contributed by atoms with van der Waals surface area (Å²) >= 11 is 7.53. The summed E-state index contributed by atoms with van der Waals surface area (Å²) in [4.78, 5) is 12.0. The quantitative estimate of drug-likeness (QED) is 0.843. The van der Waals surface area contributed by atoms with Gasteiger partial charge in [0.2, 0.25) is 5.91 Å². The summed E-state index contributed by atoms with van der Waals surface area (Å²) < 4.78 is 5.21. The Bertz CT molecular complexity index is 661. The summed E-state index contributed by atoms with van der Waals surface area (Å²) in [6.45, 7) is 2.08. The number of hydrogen-bond donors (Lipinski definition) is 1. The zero-order chi connectivity index (χ0) is 15.9. The molecule has 0 saturated carbocycles. The number of carbonyl (C=O) groups is 1. The SMILES string of the molecule is COc1ccc(Cl)cc1NC(=O)CSCc1ccccc1C. The van der Waals surface area contributed by atoms with Crippen molar-refractivity contribution in [2.75, 3.05) is 18.2 Å². The molecule has 0 fully saturated rings. The first-order valence-electron chi connectivity index (χ1n) is 6.86. The standard InChI is InChI=1S/C17H18ClNO2S/c1-12-5-3-4-6-13(12)10-22-11-17(20)19-15-9-14(18)7-8-16(15)21-2/h3-9H,10-11H2,1-2H3,(H,19,20). The van der Waals surface area contributed by atoms with Crippen molar-refractivity contribution < 1.29 is 9.53 Å². The van der Waals surface area contributed by atoms with Crippen molar-refractivity contribution >= 4 is 35.0 Å². The van der Waals surface area contributed by atoms with Gasteiger partial charge in [-0.25, -0.2) is 0 Å². The number of halogens is 1. The molecular formula is C17H18ClNO2S. The van der Waals surface area contributed by atoms with Crippen LogP contribution in [0, 0.1) is 6.92 Å². The second kappa shape index (κ2) is 8.11. The van der Waals surface area contributed by atoms with E-state index in [0.29, 0.717) is 22.2 Å². The van der Waals surface area contributed by atoms with E-state index in [4.69, 9.17) is 16.3 Å². The van der Waals surface area contributed by atoms with Gasteiger partial charge in [-0.1, -0.05) is 35.9 Å². The molecule has 0 spiro atoms. The van der Waals surface area contributed by atoms with Gasteiger partial charge in [0.1, 0.15) is 5.75 Å². The van der Waals surface area contributed by atoms with Gasteiger partial charge in [-0.2, -0.15) is 0 Å². The third-order valence-electron chi connectivity index (χ3n) is 3.19. The molecule has 3 nitrogen and oxygen atoms in total. The molecule has 0 aliphatic carbocycles. The smallest absolute Gasteiger partial charge is 0.234 e. The van der Waals surface area contributed by atoms with E-state index < -0.39 is 0 Å². The molecule has 0 aliphatic heterocycles. The van der Waals surface area contributed by atoms with Crippen LogP contribution in [0.3, 0.4) is 0 Å². The number of hydrogen-bond acceptors (Lipinski definition) is 3. The van der Waals surface area contributed by atoms with Crippen LogP contribution in [0.2, 0.25) is 5.02 Å². The second-order valence-corrected chi connectivity index (χ2v) is 6.23. The lowest BCUT2D eigenvalue weighted by Gasteiger charge is -2.10. The third-order valence-corrected chi connectivity index (χ3v) is 4.40. The number of methoxy groups -OCH3 is 1. The van der Waals surface area contributed by atoms with Gasteiger partial charge in [0.25, 0.3) is 0 Å². The lowest BCUT2D eigenvalue weighted by Crippen LogP contribution is -2.15. The molecule has 1 N–H and O–H groups in total. The van der Waals surface area contributed by atoms with Crippen molar-refractivity contribution in [2.45, 2.75) is 12.7 Å². The fourth-order valence-corrected chi connectivity index (χ4v) is 3.07. The molecule has 0 unspecified atom stereocenters. The number of aryl methyl sites for hydroxylation is 1. The maximum Gasteiger partial charge on any atom is 0.234 e. The van der Waals surface area contributed by atoms with Gasteiger partial charge in [-0.15, -0.1) is 11.8 Å². The molecule has 0 aliphatic rings. The van der Waals surface area contributed by atoms with Crippen molar-refractivity contribution in [3.63, 3.8) is 0 Å². The summed E-state index contributed by atoms with van der Waals surface area (Å²) in [5, 5.41) is 3.39. The number of benzene rings is 2. The van der Waals surface area contributed by atoms with Gasteiger partial charge in [-0.3, -0.25) is 4.79 Å². The highest BCUT2D eigenvalue weighted by Gasteiger charge is 2.09. The van der Waals surface area contributed by atoms with Crippen molar-refractivity contribution in [3.8, 4) is 5.75 Å². The fraction of sp³-hybridized carbons (Fsp3) is 0.235. The van der Waals surface area contributed by atoms with Gasteiger partial charge >= 0.3 is 0 Å². The Labute approximate surface area is 140 Å². The number of amides is 1. The van der Waals surface area contributed by atoms with E-state index in [1.165, 1.54) is 11.1 Å². The van der Waals surface area contributed by atoms with Crippen molar-refractivity contribution in [2.24, 2.45) is 0 Å². The Morgan fingerprint density at radius 3 is 2.77 bits per heavy atom. The molecule has 2 aromatic carbocycles. The predicted octanol–water partition coefficient (Wildman–Crippen LogP) is 4.53. The van der Waals surface area contributed by atoms with E-state index in [-0.39, 0.29) is 5.91 Å². The Kier molecular flexibility index (Phi) is 6.16. The maximum atomic E-state index is 12.0. The molecule has 22 heavy (non-hydrogen) atoms. The first-order chi connectivity index (χ1) is 10.6. The van der Waals surface area contributed by atoms with Crippen LogP contribution in [0.25, 0.3) is 0 Å². The lowest BCUT2D eigenvalue weighted by molar-refractivity contribution is -0.113. The minimum absolute atomic E-state index is 0.0702. The zero-order valence-electron chi connectivity index (χ0n) is 12.6. The van der Waals surface area contributed by atoms with Crippen molar-refractivity contribution in [1.29, 1.82) is 0 Å². The minimum atomic E-state index is -0.0702. The van der Waals surface area contributed by atoms with Crippen LogP contribution >= 0.6 is 23.4 Å². The summed E-state index contributed by atoms with van der Waals surface area (Å²) in [5.74, 6) is 1.72. The van der Waals surface area contributed by atoms with Crippen LogP contribution in [0.4, 0.5) is 5.69 Å². The van der Waals surface area contributed by atoms with Crippen molar-refractivity contribution in [1.82, 2.24) is 0 Å². The van der Waals surface area contributed by atoms with E-state index in [2.05, 4.69) is 24.4 Å². The van der Waals surface area contributed by atoms with E-state index in [1.807, 2.05) is 12.1 Å². The highest BCUT2D eigenvalue weighted by molar-refractivity contribution is 7.99. The lowest BCUT2D eigenvalue weighted by atomic mass is 10.1. The van der Waals surface area contributed by atoms with Gasteiger partial charge in [0, 0.05) is 10.8 Å². The Morgan fingerprint density at radius 1 is 1.27 bits per heavy atom. The molecular weight excluding hydrogens is 318 g/mol. The number of rotatable bonds is 6. The molecule has 0 bridgehead atoms. The van der Waals surface area contributed by atoms with E-state index >= 15 is 0 Å². The number of nitrogens with one attached hydrogen (secondary N) is 1. The molecule has 5 heteroatoms. The van der Waals surface area contributed by atoms with E-state index in [1.54, 1.807) is 37.1 Å². The van der Waals surface area contributed by atoms with Gasteiger partial charge in [0.05, 0.1) is 18.6 Å². The highest BCUT2D eigenvalue weighted by atomic mass is 35.5. The molecule has 0 atom stereocenters. The van der Waals surface area contributed by atoms with Gasteiger partial charge in [0.15, 0.2) is 0 Å². The molecule has 2 rings (SSSR count). The van der Waals surface area contributed by atoms with Crippen LogP contribution in [-0.2, 0) is 10.5 Å². The molecule has 1 amide bonds.